The van der Waals surface area contributed by atoms with Gasteiger partial charge in [-0.15, -0.1) is 0 Å². The van der Waals surface area contributed by atoms with Gasteiger partial charge in [-0.1, -0.05) is 19.1 Å². The highest BCUT2D eigenvalue weighted by Crippen LogP contribution is 2.39. The van der Waals surface area contributed by atoms with E-state index in [1.807, 2.05) is 19.1 Å². The number of hydrogen-bond acceptors (Lipinski definition) is 4. The van der Waals surface area contributed by atoms with Crippen LogP contribution in [0, 0.1) is 23.2 Å². The molecule has 128 valence electrons. The minimum Gasteiger partial charge on any atom is -0.373 e. The van der Waals surface area contributed by atoms with Gasteiger partial charge in [0.1, 0.15) is 5.54 Å². The summed E-state index contributed by atoms with van der Waals surface area (Å²) in [5.74, 6) is 0.686. The lowest BCUT2D eigenvalue weighted by molar-refractivity contribution is -0.121. The van der Waals surface area contributed by atoms with Gasteiger partial charge in [-0.25, -0.2) is 0 Å². The maximum Gasteiger partial charge on any atom is 0.240 e. The van der Waals surface area contributed by atoms with Gasteiger partial charge in [-0.2, -0.15) is 5.26 Å². The van der Waals surface area contributed by atoms with E-state index in [9.17, 15) is 10.1 Å². The Labute approximate surface area is 144 Å². The Hall–Kier alpha value is -2.22. The Morgan fingerprint density at radius 2 is 2.00 bits per heavy atom. The monoisotopic (exact) mass is 326 g/mol. The number of amides is 1. The maximum atomic E-state index is 12.6. The van der Waals surface area contributed by atoms with Gasteiger partial charge in [0.2, 0.25) is 5.91 Å². The third-order valence-electron chi connectivity index (χ3n) is 5.11. The predicted molar refractivity (Wildman–Crippen MR) is 96.0 cm³/mol. The summed E-state index contributed by atoms with van der Waals surface area (Å²) in [5, 5.41) is 12.4. The number of nitriles is 1. The van der Waals surface area contributed by atoms with Crippen molar-refractivity contribution in [3.8, 4) is 6.07 Å². The van der Waals surface area contributed by atoms with E-state index in [0.29, 0.717) is 18.4 Å². The van der Waals surface area contributed by atoms with Crippen molar-refractivity contribution in [3.63, 3.8) is 0 Å². The van der Waals surface area contributed by atoms with Crippen molar-refractivity contribution in [2.75, 3.05) is 36.5 Å². The van der Waals surface area contributed by atoms with Gasteiger partial charge in [0.15, 0.2) is 0 Å². The third-order valence-corrected chi connectivity index (χ3v) is 5.11. The van der Waals surface area contributed by atoms with Crippen LogP contribution in [-0.4, -0.2) is 38.1 Å². The van der Waals surface area contributed by atoms with E-state index in [1.54, 1.807) is 0 Å². The lowest BCUT2D eigenvalue weighted by Gasteiger charge is -2.28. The van der Waals surface area contributed by atoms with Crippen LogP contribution in [0.25, 0.3) is 0 Å². The van der Waals surface area contributed by atoms with Crippen molar-refractivity contribution in [1.82, 2.24) is 5.32 Å². The van der Waals surface area contributed by atoms with E-state index in [4.69, 9.17) is 0 Å². The number of carbonyl (C=O) groups excluding carboxylic acids is 1. The van der Waals surface area contributed by atoms with E-state index in [-0.39, 0.29) is 5.91 Å². The number of fused-ring (bicyclic) bond motifs is 1. The van der Waals surface area contributed by atoms with E-state index in [2.05, 4.69) is 47.3 Å². The number of carbonyl (C=O) groups is 1. The first-order valence-corrected chi connectivity index (χ1v) is 8.70. The summed E-state index contributed by atoms with van der Waals surface area (Å²) in [5.41, 5.74) is 1.51. The number of nitrogens with zero attached hydrogens (tertiary/aromatic N) is 3. The second kappa shape index (κ2) is 6.35. The highest BCUT2D eigenvalue weighted by molar-refractivity contribution is 5.84. The molecule has 1 aromatic rings. The van der Waals surface area contributed by atoms with Gasteiger partial charge in [0.25, 0.3) is 0 Å². The lowest BCUT2D eigenvalue weighted by atomic mass is 9.98. The molecular formula is C19H26N4O. The lowest BCUT2D eigenvalue weighted by Crippen LogP contribution is -2.50. The molecule has 2 aliphatic rings. The molecule has 1 fully saturated rings. The molecule has 5 heteroatoms. The molecule has 24 heavy (non-hydrogen) atoms. The second-order valence-electron chi connectivity index (χ2n) is 7.49. The Kier molecular flexibility index (Phi) is 4.40. The summed E-state index contributed by atoms with van der Waals surface area (Å²) in [7, 11) is 2.10. The van der Waals surface area contributed by atoms with E-state index < -0.39 is 5.54 Å². The highest BCUT2D eigenvalue weighted by atomic mass is 16.2. The molecule has 0 saturated heterocycles. The Bertz CT molecular complexity index is 664. The van der Waals surface area contributed by atoms with Gasteiger partial charge in [0, 0.05) is 20.1 Å². The van der Waals surface area contributed by atoms with E-state index in [1.165, 1.54) is 0 Å². The molecular weight excluding hydrogens is 300 g/mol. The predicted octanol–water partition coefficient (Wildman–Crippen LogP) is 2.39. The number of anilines is 2. The molecule has 2 unspecified atom stereocenters. The largest absolute Gasteiger partial charge is 0.373 e. The molecule has 1 aliphatic heterocycles. The van der Waals surface area contributed by atoms with Crippen LogP contribution in [0.15, 0.2) is 24.3 Å². The molecule has 1 N–H and O–H groups in total. The molecule has 1 aromatic carbocycles. The van der Waals surface area contributed by atoms with Crippen molar-refractivity contribution in [2.24, 2.45) is 11.8 Å². The van der Waals surface area contributed by atoms with Crippen LogP contribution in [0.1, 0.15) is 26.7 Å². The van der Waals surface area contributed by atoms with Crippen LogP contribution in [-0.2, 0) is 4.79 Å². The molecule has 3 rings (SSSR count). The smallest absolute Gasteiger partial charge is 0.240 e. The summed E-state index contributed by atoms with van der Waals surface area (Å²) < 4.78 is 0. The number of para-hydroxylation sites is 2. The molecule has 0 spiro atoms. The SMILES string of the molecule is CC1CN(C)c2ccccc2N(CC(=O)NC(C)(C#N)C2CC2)C1. The zero-order valence-corrected chi connectivity index (χ0v) is 14.7. The van der Waals surface area contributed by atoms with Crippen molar-refractivity contribution < 1.29 is 4.79 Å². The first-order chi connectivity index (χ1) is 11.4. The van der Waals surface area contributed by atoms with Crippen LogP contribution < -0.4 is 15.1 Å². The fraction of sp³-hybridized carbons (Fsp3) is 0.579. The zero-order valence-electron chi connectivity index (χ0n) is 14.7. The summed E-state index contributed by atoms with van der Waals surface area (Å²) in [6.45, 7) is 6.14. The molecule has 5 nitrogen and oxygen atoms in total. The van der Waals surface area contributed by atoms with Gasteiger partial charge in [-0.05, 0) is 43.7 Å². The molecule has 0 radical (unpaired) electrons. The fourth-order valence-electron chi connectivity index (χ4n) is 3.69. The number of hydrogen-bond donors (Lipinski definition) is 1. The van der Waals surface area contributed by atoms with E-state index >= 15 is 0 Å². The number of rotatable bonds is 4. The average molecular weight is 326 g/mol. The van der Waals surface area contributed by atoms with Crippen LogP contribution in [0.5, 0.6) is 0 Å². The first kappa shape index (κ1) is 16.6. The summed E-state index contributed by atoms with van der Waals surface area (Å²) in [4.78, 5) is 17.0. The number of benzene rings is 1. The van der Waals surface area contributed by atoms with Gasteiger partial charge in [-0.3, -0.25) is 4.79 Å². The van der Waals surface area contributed by atoms with Gasteiger partial charge >= 0.3 is 0 Å². The molecule has 1 heterocycles. The van der Waals surface area contributed by atoms with Crippen LogP contribution in [0.4, 0.5) is 11.4 Å². The minimum atomic E-state index is -0.731. The Balaban J connectivity index is 1.77. The Morgan fingerprint density at radius 1 is 1.33 bits per heavy atom. The van der Waals surface area contributed by atoms with Crippen LogP contribution in [0.3, 0.4) is 0 Å². The molecule has 1 saturated carbocycles. The normalized spacial score (nSPS) is 22.8. The summed E-state index contributed by atoms with van der Waals surface area (Å²) >= 11 is 0. The zero-order chi connectivity index (χ0) is 17.3. The third kappa shape index (κ3) is 3.33. The molecule has 1 amide bonds. The van der Waals surface area contributed by atoms with Gasteiger partial charge in [0.05, 0.1) is 24.0 Å². The second-order valence-corrected chi connectivity index (χ2v) is 7.49. The molecule has 2 atom stereocenters. The summed E-state index contributed by atoms with van der Waals surface area (Å²) in [6.07, 6.45) is 2.05. The topological polar surface area (TPSA) is 59.4 Å². The Morgan fingerprint density at radius 3 is 2.62 bits per heavy atom. The molecule has 1 aliphatic carbocycles. The summed E-state index contributed by atoms with van der Waals surface area (Å²) in [6, 6.07) is 10.5. The van der Waals surface area contributed by atoms with Crippen LogP contribution >= 0.6 is 0 Å². The first-order valence-electron chi connectivity index (χ1n) is 8.70. The standard InChI is InChI=1S/C19H26N4O/c1-14-10-22(3)16-6-4-5-7-17(16)23(11-14)12-18(24)21-19(2,13-20)15-8-9-15/h4-7,14-15H,8-12H2,1-3H3,(H,21,24). The van der Waals surface area contributed by atoms with Crippen molar-refractivity contribution in [3.05, 3.63) is 24.3 Å². The van der Waals surface area contributed by atoms with E-state index in [0.717, 1.165) is 37.3 Å². The van der Waals surface area contributed by atoms with Crippen molar-refractivity contribution >= 4 is 17.3 Å². The maximum absolute atomic E-state index is 12.6. The number of nitrogens with one attached hydrogen (secondary N) is 1. The molecule has 0 bridgehead atoms. The average Bonchev–Trinajstić information content (AvgIpc) is 3.39. The van der Waals surface area contributed by atoms with Crippen molar-refractivity contribution in [2.45, 2.75) is 32.2 Å². The fourth-order valence-corrected chi connectivity index (χ4v) is 3.69. The van der Waals surface area contributed by atoms with Crippen molar-refractivity contribution in [1.29, 1.82) is 5.26 Å². The highest BCUT2D eigenvalue weighted by Gasteiger charge is 2.43. The minimum absolute atomic E-state index is 0.0718. The van der Waals surface area contributed by atoms with Gasteiger partial charge < -0.3 is 15.1 Å². The quantitative estimate of drug-likeness (QED) is 0.923. The molecule has 0 aromatic heterocycles. The van der Waals surface area contributed by atoms with Crippen LogP contribution in [0.2, 0.25) is 0 Å².